The second kappa shape index (κ2) is 9.63. The Hall–Kier alpha value is -3.69. The fourth-order valence-corrected chi connectivity index (χ4v) is 3.70. The maximum atomic E-state index is 13.3. The van der Waals surface area contributed by atoms with Gasteiger partial charge in [0.05, 0.1) is 29.8 Å². The zero-order valence-corrected chi connectivity index (χ0v) is 17.6. The molecule has 2 unspecified atom stereocenters. The van der Waals surface area contributed by atoms with Gasteiger partial charge < -0.3 is 10.4 Å². The van der Waals surface area contributed by atoms with Crippen LogP contribution in [0.4, 0.5) is 4.39 Å². The van der Waals surface area contributed by atoms with E-state index in [4.69, 9.17) is 5.11 Å². The zero-order valence-electron chi connectivity index (χ0n) is 17.6. The van der Waals surface area contributed by atoms with Crippen molar-refractivity contribution >= 4 is 45.4 Å². The highest BCUT2D eigenvalue weighted by atomic mass is 19.1. The Labute approximate surface area is 182 Å². The molecular formula is C22H23FN4O5. The number of Topliss-reactive ketones (excluding diaryl/α,β-unsaturated/α-hetero) is 1. The standard InChI is InChI=1S/C22H23FN4O5/c1-12(2)14(22(32)26-16(8-21(30)31)19(28)9-23)7-20(29)27-17-6-4-3-5-13(17)15-10-24-25-11-18(15)27/h3-6,10-12,14,16H,7-9H2,1-2H3,(H,26,32)(H,30,31). The first-order chi connectivity index (χ1) is 15.2. The number of nitrogens with one attached hydrogen (secondary N) is 1. The first-order valence-corrected chi connectivity index (χ1v) is 10.1. The van der Waals surface area contributed by atoms with E-state index in [1.54, 1.807) is 32.2 Å². The lowest BCUT2D eigenvalue weighted by atomic mass is 9.90. The fourth-order valence-electron chi connectivity index (χ4n) is 3.70. The number of aliphatic carboxylic acids is 1. The van der Waals surface area contributed by atoms with Gasteiger partial charge in [0.2, 0.25) is 11.8 Å². The van der Waals surface area contributed by atoms with E-state index in [1.807, 2.05) is 12.1 Å². The van der Waals surface area contributed by atoms with Crippen LogP contribution in [0.5, 0.6) is 0 Å². The SMILES string of the molecule is CC(C)C(CC(=O)n1c2ccccc2c2cnncc21)C(=O)NC(CC(=O)O)C(=O)CF. The topological polar surface area (TPSA) is 131 Å². The molecule has 3 aromatic rings. The first kappa shape index (κ1) is 23.0. The van der Waals surface area contributed by atoms with Crippen LogP contribution in [0.2, 0.25) is 0 Å². The van der Waals surface area contributed by atoms with E-state index in [0.717, 1.165) is 10.8 Å². The number of nitrogens with zero attached hydrogens (tertiary/aromatic N) is 3. The van der Waals surface area contributed by atoms with Crippen LogP contribution in [0.3, 0.4) is 0 Å². The Morgan fingerprint density at radius 3 is 2.38 bits per heavy atom. The quantitative estimate of drug-likeness (QED) is 0.520. The molecule has 32 heavy (non-hydrogen) atoms. The summed E-state index contributed by atoms with van der Waals surface area (Å²) in [6.45, 7) is 2.07. The number of hydrogen-bond donors (Lipinski definition) is 2. The summed E-state index contributed by atoms with van der Waals surface area (Å²) in [5.41, 5.74) is 1.19. The molecule has 0 bridgehead atoms. The zero-order chi connectivity index (χ0) is 23.4. The number of benzene rings is 1. The monoisotopic (exact) mass is 442 g/mol. The van der Waals surface area contributed by atoms with Crippen LogP contribution in [0, 0.1) is 11.8 Å². The predicted molar refractivity (Wildman–Crippen MR) is 114 cm³/mol. The minimum absolute atomic E-state index is 0.205. The highest BCUT2D eigenvalue weighted by Crippen LogP contribution is 2.29. The van der Waals surface area contributed by atoms with Crippen LogP contribution < -0.4 is 5.32 Å². The normalized spacial score (nSPS) is 13.2. The number of amides is 1. The van der Waals surface area contributed by atoms with Gasteiger partial charge in [-0.3, -0.25) is 23.7 Å². The summed E-state index contributed by atoms with van der Waals surface area (Å²) < 4.78 is 14.3. The molecular weight excluding hydrogens is 419 g/mol. The molecule has 0 fully saturated rings. The molecule has 1 aromatic carbocycles. The van der Waals surface area contributed by atoms with Gasteiger partial charge in [-0.15, -0.1) is 0 Å². The maximum absolute atomic E-state index is 13.3. The summed E-state index contributed by atoms with van der Waals surface area (Å²) in [6.07, 6.45) is 2.09. The third-order valence-electron chi connectivity index (χ3n) is 5.39. The van der Waals surface area contributed by atoms with Crippen molar-refractivity contribution in [3.63, 3.8) is 0 Å². The van der Waals surface area contributed by atoms with Crippen LogP contribution in [-0.4, -0.2) is 56.2 Å². The molecule has 10 heteroatoms. The number of rotatable bonds is 9. The number of ketones is 1. The number of carbonyl (C=O) groups is 4. The number of hydrogen-bond acceptors (Lipinski definition) is 6. The molecule has 0 aliphatic carbocycles. The average molecular weight is 442 g/mol. The number of carbonyl (C=O) groups excluding carboxylic acids is 3. The van der Waals surface area contributed by atoms with Crippen molar-refractivity contribution in [1.29, 1.82) is 0 Å². The Kier molecular flexibility index (Phi) is 6.92. The van der Waals surface area contributed by atoms with E-state index < -0.39 is 42.7 Å². The summed E-state index contributed by atoms with van der Waals surface area (Å²) in [4.78, 5) is 48.9. The first-order valence-electron chi connectivity index (χ1n) is 10.1. The van der Waals surface area contributed by atoms with Crippen LogP contribution >= 0.6 is 0 Å². The molecule has 0 spiro atoms. The predicted octanol–water partition coefficient (Wildman–Crippen LogP) is 2.39. The van der Waals surface area contributed by atoms with Crippen LogP contribution in [0.15, 0.2) is 36.7 Å². The van der Waals surface area contributed by atoms with Crippen molar-refractivity contribution in [2.45, 2.75) is 32.7 Å². The number of fused-ring (bicyclic) bond motifs is 3. The highest BCUT2D eigenvalue weighted by Gasteiger charge is 2.31. The van der Waals surface area contributed by atoms with Crippen LogP contribution in [-0.2, 0) is 14.4 Å². The Balaban J connectivity index is 1.91. The molecule has 0 aliphatic rings. The second-order valence-electron chi connectivity index (χ2n) is 7.85. The summed E-state index contributed by atoms with van der Waals surface area (Å²) in [7, 11) is 0. The number of carboxylic acids is 1. The number of halogens is 1. The molecule has 0 saturated heterocycles. The Morgan fingerprint density at radius 2 is 1.72 bits per heavy atom. The molecule has 2 heterocycles. The number of alkyl halides is 1. The maximum Gasteiger partial charge on any atom is 0.305 e. The van der Waals surface area contributed by atoms with Crippen LogP contribution in [0.1, 0.15) is 31.5 Å². The molecule has 168 valence electrons. The number of para-hydroxylation sites is 1. The van der Waals surface area contributed by atoms with E-state index in [2.05, 4.69) is 15.5 Å². The van der Waals surface area contributed by atoms with E-state index in [9.17, 15) is 23.6 Å². The third kappa shape index (κ3) is 4.63. The lowest BCUT2D eigenvalue weighted by molar-refractivity contribution is -0.140. The van der Waals surface area contributed by atoms with Crippen molar-refractivity contribution in [3.05, 3.63) is 36.7 Å². The van der Waals surface area contributed by atoms with Gasteiger partial charge >= 0.3 is 5.97 Å². The Morgan fingerprint density at radius 1 is 1.03 bits per heavy atom. The van der Waals surface area contributed by atoms with E-state index >= 15 is 0 Å². The summed E-state index contributed by atoms with van der Waals surface area (Å²) in [5, 5.41) is 20.6. The van der Waals surface area contributed by atoms with Gasteiger partial charge in [0, 0.05) is 23.1 Å². The average Bonchev–Trinajstić information content (AvgIpc) is 3.10. The minimum atomic E-state index is -1.50. The number of carboxylic acid groups (broad SMARTS) is 1. The molecule has 2 aromatic heterocycles. The van der Waals surface area contributed by atoms with Gasteiger partial charge in [0.1, 0.15) is 12.7 Å². The summed E-state index contributed by atoms with van der Waals surface area (Å²) in [6, 6.07) is 5.77. The second-order valence-corrected chi connectivity index (χ2v) is 7.85. The van der Waals surface area contributed by atoms with Crippen molar-refractivity contribution in [2.75, 3.05) is 6.67 Å². The lowest BCUT2D eigenvalue weighted by Crippen LogP contribution is -2.47. The van der Waals surface area contributed by atoms with Crippen molar-refractivity contribution < 1.29 is 28.7 Å². The molecule has 9 nitrogen and oxygen atoms in total. The molecule has 2 N–H and O–H groups in total. The van der Waals surface area contributed by atoms with E-state index in [1.165, 1.54) is 10.8 Å². The van der Waals surface area contributed by atoms with Crippen LogP contribution in [0.25, 0.3) is 21.8 Å². The largest absolute Gasteiger partial charge is 0.481 e. The molecule has 1 amide bonds. The summed E-state index contributed by atoms with van der Waals surface area (Å²) in [5.74, 6) is -4.60. The smallest absolute Gasteiger partial charge is 0.305 e. The summed E-state index contributed by atoms with van der Waals surface area (Å²) >= 11 is 0. The van der Waals surface area contributed by atoms with Gasteiger partial charge in [-0.25, -0.2) is 4.39 Å². The van der Waals surface area contributed by atoms with E-state index in [0.29, 0.717) is 11.0 Å². The fraction of sp³-hybridized carbons (Fsp3) is 0.364. The molecule has 0 saturated carbocycles. The van der Waals surface area contributed by atoms with Gasteiger partial charge in [-0.2, -0.15) is 10.2 Å². The molecule has 3 rings (SSSR count). The molecule has 2 atom stereocenters. The van der Waals surface area contributed by atoms with Gasteiger partial charge in [-0.1, -0.05) is 32.0 Å². The van der Waals surface area contributed by atoms with Gasteiger partial charge in [-0.05, 0) is 12.0 Å². The van der Waals surface area contributed by atoms with Crippen molar-refractivity contribution in [2.24, 2.45) is 11.8 Å². The molecule has 0 radical (unpaired) electrons. The number of aromatic nitrogens is 3. The van der Waals surface area contributed by atoms with Gasteiger partial charge in [0.15, 0.2) is 5.78 Å². The van der Waals surface area contributed by atoms with Crippen molar-refractivity contribution in [1.82, 2.24) is 20.1 Å². The van der Waals surface area contributed by atoms with Crippen molar-refractivity contribution in [3.8, 4) is 0 Å². The highest BCUT2D eigenvalue weighted by molar-refractivity contribution is 6.13. The minimum Gasteiger partial charge on any atom is -0.481 e. The van der Waals surface area contributed by atoms with E-state index in [-0.39, 0.29) is 18.2 Å². The van der Waals surface area contributed by atoms with Gasteiger partial charge in [0.25, 0.3) is 0 Å². The molecule has 0 aliphatic heterocycles. The Bertz CT molecular complexity index is 1140. The lowest BCUT2D eigenvalue weighted by Gasteiger charge is -2.23. The third-order valence-corrected chi connectivity index (χ3v) is 5.39.